The van der Waals surface area contributed by atoms with E-state index < -0.39 is 18.1 Å². The molecule has 0 aliphatic rings. The first-order valence-corrected chi connectivity index (χ1v) is 5.74. The van der Waals surface area contributed by atoms with Crippen LogP contribution < -0.4 is 0 Å². The third-order valence-corrected chi connectivity index (χ3v) is 1.20. The smallest absolute Gasteiger partial charge is 0.491 e. The van der Waals surface area contributed by atoms with Crippen LogP contribution in [0.5, 0.6) is 0 Å². The van der Waals surface area contributed by atoms with E-state index in [0.29, 0.717) is 13.5 Å². The van der Waals surface area contributed by atoms with E-state index in [4.69, 9.17) is 4.74 Å². The molecule has 0 aromatic carbocycles. The van der Waals surface area contributed by atoms with Crippen molar-refractivity contribution in [2.75, 3.05) is 13.7 Å². The molecule has 144 valence electrons. The Morgan fingerprint density at radius 1 is 1.12 bits per heavy atom. The Morgan fingerprint density at radius 2 is 1.54 bits per heavy atom. The third-order valence-electron chi connectivity index (χ3n) is 1.20. The standard InChI is InChI=1S/C6H10O2.C4H3F3O3.C3H6O.2CH4/c1-3-8-5-4-6(2)7;1-2(8)10-3(9)4(5,6)7;1-3-4-2;;/h4-5H,3H2,1-2H3;1H3;3H,1H2,2H3;2*1H4/b5-4+;;;;. The number of hydrogen-bond acceptors (Lipinski definition) is 6. The monoisotopic (exact) mass is 360 g/mol. The van der Waals surface area contributed by atoms with Gasteiger partial charge in [-0.15, -0.1) is 0 Å². The van der Waals surface area contributed by atoms with Gasteiger partial charge in [0.2, 0.25) is 0 Å². The summed E-state index contributed by atoms with van der Waals surface area (Å²) in [6, 6.07) is 0. The Kier molecular flexibility index (Phi) is 28.7. The van der Waals surface area contributed by atoms with Crippen LogP contribution in [-0.2, 0) is 28.6 Å². The number of alkyl halides is 3. The predicted molar refractivity (Wildman–Crippen MR) is 84.9 cm³/mol. The average Bonchev–Trinajstić information content (AvgIpc) is 2.38. The van der Waals surface area contributed by atoms with E-state index in [1.165, 1.54) is 25.5 Å². The molecule has 0 aliphatic heterocycles. The lowest BCUT2D eigenvalue weighted by Crippen LogP contribution is -2.26. The van der Waals surface area contributed by atoms with E-state index in [9.17, 15) is 27.6 Å². The Balaban J connectivity index is -0.0000000779. The molecule has 0 unspecified atom stereocenters. The molecule has 0 aromatic rings. The normalized spacial score (nSPS) is 8.62. The molecule has 0 aliphatic carbocycles. The zero-order valence-corrected chi connectivity index (χ0v) is 12.7. The third kappa shape index (κ3) is 36.7. The van der Waals surface area contributed by atoms with E-state index >= 15 is 0 Å². The van der Waals surface area contributed by atoms with Crippen molar-refractivity contribution in [2.45, 2.75) is 41.8 Å². The molecule has 0 radical (unpaired) electrons. The number of allylic oxidation sites excluding steroid dienone is 1. The number of rotatable bonds is 4. The quantitative estimate of drug-likeness (QED) is 0.328. The highest BCUT2D eigenvalue weighted by Crippen LogP contribution is 2.16. The van der Waals surface area contributed by atoms with Crippen molar-refractivity contribution in [2.24, 2.45) is 0 Å². The molecule has 0 rings (SSSR count). The fraction of sp³-hybridized carbons (Fsp3) is 0.533. The van der Waals surface area contributed by atoms with E-state index in [1.807, 2.05) is 6.92 Å². The molecule has 0 saturated heterocycles. The number of esters is 2. The van der Waals surface area contributed by atoms with Crippen molar-refractivity contribution in [3.63, 3.8) is 0 Å². The lowest BCUT2D eigenvalue weighted by Gasteiger charge is -2.01. The maximum Gasteiger partial charge on any atom is 0.491 e. The second kappa shape index (κ2) is 20.7. The Labute approximate surface area is 141 Å². The maximum absolute atomic E-state index is 11.2. The molecule has 0 spiro atoms. The van der Waals surface area contributed by atoms with Gasteiger partial charge in [-0.25, -0.2) is 4.79 Å². The number of carbonyl (C=O) groups excluding carboxylic acids is 3. The highest BCUT2D eigenvalue weighted by molar-refractivity contribution is 5.87. The number of hydrogen-bond donors (Lipinski definition) is 0. The topological polar surface area (TPSA) is 78.9 Å². The minimum absolute atomic E-state index is 0. The first-order valence-electron chi connectivity index (χ1n) is 5.74. The first-order chi connectivity index (χ1) is 10.0. The number of ketones is 1. The zero-order valence-electron chi connectivity index (χ0n) is 12.7. The van der Waals surface area contributed by atoms with Gasteiger partial charge in [0.25, 0.3) is 0 Å². The van der Waals surface area contributed by atoms with Gasteiger partial charge in [-0.3, -0.25) is 9.59 Å². The second-order valence-electron chi connectivity index (χ2n) is 3.15. The molecule has 0 fully saturated rings. The summed E-state index contributed by atoms with van der Waals surface area (Å²) in [6.07, 6.45) is -0.919. The summed E-state index contributed by atoms with van der Waals surface area (Å²) in [5.74, 6) is -3.75. The molecule has 0 saturated carbocycles. The molecular formula is C15H27F3O6. The molecule has 0 heterocycles. The minimum Gasteiger partial charge on any atom is -0.505 e. The van der Waals surface area contributed by atoms with Gasteiger partial charge in [0, 0.05) is 13.0 Å². The highest BCUT2D eigenvalue weighted by Gasteiger charge is 2.41. The molecule has 0 amide bonds. The van der Waals surface area contributed by atoms with Crippen LogP contribution >= 0.6 is 0 Å². The fourth-order valence-corrected chi connectivity index (χ4v) is 0.429. The van der Waals surface area contributed by atoms with Crippen LogP contribution in [0.2, 0.25) is 0 Å². The van der Waals surface area contributed by atoms with Crippen molar-refractivity contribution in [1.29, 1.82) is 0 Å². The molecule has 0 atom stereocenters. The maximum atomic E-state index is 11.2. The van der Waals surface area contributed by atoms with Gasteiger partial charge in [0.15, 0.2) is 5.78 Å². The average molecular weight is 360 g/mol. The summed E-state index contributed by atoms with van der Waals surface area (Å²) in [6.45, 7) is 7.93. The molecule has 0 aromatic heterocycles. The van der Waals surface area contributed by atoms with Crippen molar-refractivity contribution >= 4 is 17.7 Å². The Hall–Kier alpha value is -2.32. The van der Waals surface area contributed by atoms with E-state index in [0.717, 1.165) is 0 Å². The molecule has 24 heavy (non-hydrogen) atoms. The summed E-state index contributed by atoms with van der Waals surface area (Å²) >= 11 is 0. The van der Waals surface area contributed by atoms with E-state index in [-0.39, 0.29) is 20.6 Å². The van der Waals surface area contributed by atoms with Crippen molar-refractivity contribution in [1.82, 2.24) is 0 Å². The van der Waals surface area contributed by atoms with Crippen LogP contribution in [0, 0.1) is 0 Å². The lowest BCUT2D eigenvalue weighted by molar-refractivity contribution is -0.201. The van der Waals surface area contributed by atoms with Crippen LogP contribution in [0.4, 0.5) is 13.2 Å². The molecule has 6 nitrogen and oxygen atoms in total. The molecule has 0 N–H and O–H groups in total. The first kappa shape index (κ1) is 33.3. The van der Waals surface area contributed by atoms with E-state index in [2.05, 4.69) is 16.1 Å². The number of carbonyl (C=O) groups is 3. The number of ether oxygens (including phenoxy) is 3. The fourth-order valence-electron chi connectivity index (χ4n) is 0.429. The van der Waals surface area contributed by atoms with Crippen molar-refractivity contribution in [3.05, 3.63) is 25.2 Å². The summed E-state index contributed by atoms with van der Waals surface area (Å²) in [4.78, 5) is 29.6. The van der Waals surface area contributed by atoms with Crippen molar-refractivity contribution in [3.8, 4) is 0 Å². The Bertz CT molecular complexity index is 376. The highest BCUT2D eigenvalue weighted by atomic mass is 19.4. The van der Waals surface area contributed by atoms with Gasteiger partial charge in [0.05, 0.1) is 26.2 Å². The van der Waals surface area contributed by atoms with Crippen LogP contribution in [0.3, 0.4) is 0 Å². The number of halogens is 3. The lowest BCUT2D eigenvalue weighted by atomic mass is 10.4. The number of methoxy groups -OCH3 is 1. The summed E-state index contributed by atoms with van der Waals surface area (Å²) < 4.78 is 45.8. The largest absolute Gasteiger partial charge is 0.505 e. The van der Waals surface area contributed by atoms with E-state index in [1.54, 1.807) is 7.11 Å². The van der Waals surface area contributed by atoms with Crippen LogP contribution in [-0.4, -0.2) is 37.6 Å². The Morgan fingerprint density at radius 3 is 1.71 bits per heavy atom. The van der Waals surface area contributed by atoms with Gasteiger partial charge in [0.1, 0.15) is 0 Å². The van der Waals surface area contributed by atoms with Gasteiger partial charge >= 0.3 is 18.1 Å². The summed E-state index contributed by atoms with van der Waals surface area (Å²) in [5, 5.41) is 0. The van der Waals surface area contributed by atoms with Gasteiger partial charge in [-0.1, -0.05) is 21.4 Å². The van der Waals surface area contributed by atoms with Crippen LogP contribution in [0.25, 0.3) is 0 Å². The van der Waals surface area contributed by atoms with Gasteiger partial charge in [-0.2, -0.15) is 13.2 Å². The summed E-state index contributed by atoms with van der Waals surface area (Å²) in [5.41, 5.74) is 0. The van der Waals surface area contributed by atoms with Crippen LogP contribution in [0.1, 0.15) is 35.6 Å². The predicted octanol–water partition coefficient (Wildman–Crippen LogP) is 3.81. The molecule has 9 heteroatoms. The second-order valence-corrected chi connectivity index (χ2v) is 3.15. The molecular weight excluding hydrogens is 333 g/mol. The van der Waals surface area contributed by atoms with Crippen molar-refractivity contribution < 1.29 is 41.8 Å². The van der Waals surface area contributed by atoms with Gasteiger partial charge < -0.3 is 14.2 Å². The zero-order chi connectivity index (χ0) is 18.2. The summed E-state index contributed by atoms with van der Waals surface area (Å²) in [7, 11) is 1.56. The SMILES string of the molecule is C.C.C=COC.CC(=O)OC(=O)C(F)(F)F.CCO/C=C/C(C)=O. The minimum atomic E-state index is -5.09. The molecule has 0 bridgehead atoms. The van der Waals surface area contributed by atoms with Crippen LogP contribution in [0.15, 0.2) is 25.2 Å². The van der Waals surface area contributed by atoms with Gasteiger partial charge in [-0.05, 0) is 13.8 Å².